The van der Waals surface area contributed by atoms with Gasteiger partial charge in [-0.25, -0.2) is 0 Å². The molecular formula is C13H13BrN2O4. The van der Waals surface area contributed by atoms with E-state index in [9.17, 15) is 9.59 Å². The first-order valence-electron chi connectivity index (χ1n) is 5.85. The molecule has 2 rings (SSSR count). The van der Waals surface area contributed by atoms with Crippen molar-refractivity contribution < 1.29 is 13.9 Å². The van der Waals surface area contributed by atoms with Gasteiger partial charge in [-0.15, -0.1) is 0 Å². The molecule has 1 amide bonds. The molecule has 7 heteroatoms. The maximum absolute atomic E-state index is 12.0. The van der Waals surface area contributed by atoms with Crippen molar-refractivity contribution in [1.82, 2.24) is 4.57 Å². The van der Waals surface area contributed by atoms with Crippen LogP contribution < -0.4 is 10.9 Å². The Balaban J connectivity index is 2.15. The number of carbonyl (C=O) groups excluding carboxylic acids is 1. The minimum absolute atomic E-state index is 0.149. The van der Waals surface area contributed by atoms with Gasteiger partial charge in [0.1, 0.15) is 0 Å². The predicted octanol–water partition coefficient (Wildman–Crippen LogP) is 2.10. The fourth-order valence-electron chi connectivity index (χ4n) is 1.62. The smallest absolute Gasteiger partial charge is 0.260 e. The molecule has 0 bridgehead atoms. The summed E-state index contributed by atoms with van der Waals surface area (Å²) in [6, 6.07) is 4.51. The molecule has 2 heterocycles. The van der Waals surface area contributed by atoms with Crippen LogP contribution in [0.3, 0.4) is 0 Å². The van der Waals surface area contributed by atoms with Crippen molar-refractivity contribution in [1.29, 1.82) is 0 Å². The third kappa shape index (κ3) is 3.37. The van der Waals surface area contributed by atoms with E-state index < -0.39 is 0 Å². The van der Waals surface area contributed by atoms with Crippen molar-refractivity contribution in [2.24, 2.45) is 0 Å². The predicted molar refractivity (Wildman–Crippen MR) is 76.9 cm³/mol. The summed E-state index contributed by atoms with van der Waals surface area (Å²) in [5.74, 6) is -0.317. The fraction of sp³-hybridized carbons (Fsp3) is 0.231. The number of anilines is 1. The Labute approximate surface area is 123 Å². The van der Waals surface area contributed by atoms with E-state index in [1.807, 2.05) is 0 Å². The van der Waals surface area contributed by atoms with Gasteiger partial charge in [0.25, 0.3) is 11.5 Å². The molecule has 0 saturated heterocycles. The Kier molecular flexibility index (Phi) is 4.75. The molecule has 0 unspecified atom stereocenters. The van der Waals surface area contributed by atoms with Crippen molar-refractivity contribution in [3.63, 3.8) is 0 Å². The molecule has 2 aromatic heterocycles. The van der Waals surface area contributed by atoms with Gasteiger partial charge in [0.15, 0.2) is 4.67 Å². The van der Waals surface area contributed by atoms with E-state index in [-0.39, 0.29) is 11.5 Å². The molecule has 20 heavy (non-hydrogen) atoms. The zero-order chi connectivity index (χ0) is 14.5. The SMILES string of the molecule is COCCn1cc(NC(=O)c2ccoc2Br)ccc1=O. The number of furan rings is 1. The van der Waals surface area contributed by atoms with E-state index in [0.717, 1.165) is 0 Å². The van der Waals surface area contributed by atoms with Gasteiger partial charge in [-0.3, -0.25) is 9.59 Å². The number of ether oxygens (including phenoxy) is 1. The fourth-order valence-corrected chi connectivity index (χ4v) is 2.04. The number of methoxy groups -OCH3 is 1. The van der Waals surface area contributed by atoms with E-state index in [2.05, 4.69) is 21.2 Å². The van der Waals surface area contributed by atoms with Crippen molar-refractivity contribution in [3.05, 3.63) is 51.2 Å². The third-order valence-electron chi connectivity index (χ3n) is 2.64. The van der Waals surface area contributed by atoms with Crippen LogP contribution in [0.15, 0.2) is 44.5 Å². The van der Waals surface area contributed by atoms with Gasteiger partial charge in [0.05, 0.1) is 24.1 Å². The highest BCUT2D eigenvalue weighted by Crippen LogP contribution is 2.18. The zero-order valence-electron chi connectivity index (χ0n) is 10.8. The van der Waals surface area contributed by atoms with Crippen LogP contribution in [0.5, 0.6) is 0 Å². The summed E-state index contributed by atoms with van der Waals surface area (Å²) >= 11 is 3.14. The molecule has 0 saturated carbocycles. The molecule has 0 aliphatic rings. The number of halogens is 1. The largest absolute Gasteiger partial charge is 0.457 e. The number of pyridine rings is 1. The highest BCUT2D eigenvalue weighted by Gasteiger charge is 2.13. The van der Waals surface area contributed by atoms with Crippen LogP contribution in [0.1, 0.15) is 10.4 Å². The minimum atomic E-state index is -0.317. The minimum Gasteiger partial charge on any atom is -0.457 e. The lowest BCUT2D eigenvalue weighted by Gasteiger charge is -2.08. The highest BCUT2D eigenvalue weighted by molar-refractivity contribution is 9.10. The average Bonchev–Trinajstić information content (AvgIpc) is 2.85. The van der Waals surface area contributed by atoms with Gasteiger partial charge in [-0.05, 0) is 28.1 Å². The Morgan fingerprint density at radius 1 is 1.45 bits per heavy atom. The first-order chi connectivity index (χ1) is 9.61. The lowest BCUT2D eigenvalue weighted by molar-refractivity contribution is 0.102. The molecule has 1 N–H and O–H groups in total. The second kappa shape index (κ2) is 6.53. The van der Waals surface area contributed by atoms with Crippen LogP contribution in [-0.2, 0) is 11.3 Å². The summed E-state index contributed by atoms with van der Waals surface area (Å²) in [6.45, 7) is 0.846. The molecule has 0 aliphatic heterocycles. The Hall–Kier alpha value is -1.86. The van der Waals surface area contributed by atoms with Crippen LogP contribution in [-0.4, -0.2) is 24.2 Å². The van der Waals surface area contributed by atoms with E-state index in [4.69, 9.17) is 9.15 Å². The van der Waals surface area contributed by atoms with Crippen LogP contribution in [0.25, 0.3) is 0 Å². The molecule has 0 aliphatic carbocycles. The summed E-state index contributed by atoms with van der Waals surface area (Å²) in [5.41, 5.74) is 0.767. The standard InChI is InChI=1S/C13H13BrN2O4/c1-19-7-5-16-8-9(2-3-11(16)17)15-13(18)10-4-6-20-12(10)14/h2-4,6,8H,5,7H2,1H3,(H,15,18). The van der Waals surface area contributed by atoms with Crippen LogP contribution in [0, 0.1) is 0 Å². The van der Waals surface area contributed by atoms with Crippen LogP contribution in [0.2, 0.25) is 0 Å². The van der Waals surface area contributed by atoms with Crippen LogP contribution in [0.4, 0.5) is 5.69 Å². The number of carbonyl (C=O) groups is 1. The summed E-state index contributed by atoms with van der Waals surface area (Å²) in [7, 11) is 1.56. The molecule has 6 nitrogen and oxygen atoms in total. The molecule has 2 aromatic rings. The second-order valence-electron chi connectivity index (χ2n) is 4.00. The monoisotopic (exact) mass is 340 g/mol. The topological polar surface area (TPSA) is 73.5 Å². The second-order valence-corrected chi connectivity index (χ2v) is 4.72. The van der Waals surface area contributed by atoms with Gasteiger partial charge in [-0.1, -0.05) is 0 Å². The quantitative estimate of drug-likeness (QED) is 0.904. The Bertz CT molecular complexity index is 662. The number of hydrogen-bond acceptors (Lipinski definition) is 4. The van der Waals surface area contributed by atoms with Gasteiger partial charge < -0.3 is 19.0 Å². The van der Waals surface area contributed by atoms with Gasteiger partial charge in [0, 0.05) is 25.9 Å². The lowest BCUT2D eigenvalue weighted by Crippen LogP contribution is -2.22. The van der Waals surface area contributed by atoms with Crippen molar-refractivity contribution in [2.45, 2.75) is 6.54 Å². The van der Waals surface area contributed by atoms with E-state index in [0.29, 0.717) is 29.1 Å². The summed E-state index contributed by atoms with van der Waals surface area (Å²) in [4.78, 5) is 23.6. The Morgan fingerprint density at radius 2 is 2.25 bits per heavy atom. The molecule has 106 valence electrons. The molecule has 0 spiro atoms. The van der Waals surface area contributed by atoms with Crippen molar-refractivity contribution in [2.75, 3.05) is 19.0 Å². The average molecular weight is 341 g/mol. The number of amides is 1. The number of nitrogens with zero attached hydrogens (tertiary/aromatic N) is 1. The van der Waals surface area contributed by atoms with Gasteiger partial charge >= 0.3 is 0 Å². The van der Waals surface area contributed by atoms with Crippen molar-refractivity contribution >= 4 is 27.5 Å². The normalized spacial score (nSPS) is 10.5. The molecule has 0 aromatic carbocycles. The summed E-state index contributed by atoms with van der Waals surface area (Å²) < 4.78 is 11.8. The first kappa shape index (κ1) is 14.5. The lowest BCUT2D eigenvalue weighted by atomic mass is 10.3. The molecule has 0 atom stereocenters. The maximum atomic E-state index is 12.0. The number of aromatic nitrogens is 1. The molecule has 0 radical (unpaired) electrons. The Morgan fingerprint density at radius 3 is 2.90 bits per heavy atom. The number of nitrogens with one attached hydrogen (secondary N) is 1. The van der Waals surface area contributed by atoms with Crippen LogP contribution >= 0.6 is 15.9 Å². The zero-order valence-corrected chi connectivity index (χ0v) is 12.3. The molecular weight excluding hydrogens is 328 g/mol. The summed E-state index contributed by atoms with van der Waals surface area (Å²) in [5, 5.41) is 2.70. The number of hydrogen-bond donors (Lipinski definition) is 1. The number of rotatable bonds is 5. The highest BCUT2D eigenvalue weighted by atomic mass is 79.9. The van der Waals surface area contributed by atoms with Crippen molar-refractivity contribution in [3.8, 4) is 0 Å². The maximum Gasteiger partial charge on any atom is 0.260 e. The van der Waals surface area contributed by atoms with E-state index in [1.165, 1.54) is 16.9 Å². The summed E-state index contributed by atoms with van der Waals surface area (Å²) in [6.07, 6.45) is 2.99. The van der Waals surface area contributed by atoms with E-state index in [1.54, 1.807) is 25.4 Å². The first-order valence-corrected chi connectivity index (χ1v) is 6.65. The third-order valence-corrected chi connectivity index (χ3v) is 3.25. The van der Waals surface area contributed by atoms with Gasteiger partial charge in [0.2, 0.25) is 0 Å². The molecule has 0 fully saturated rings. The van der Waals surface area contributed by atoms with Gasteiger partial charge in [-0.2, -0.15) is 0 Å². The van der Waals surface area contributed by atoms with E-state index >= 15 is 0 Å².